The van der Waals surface area contributed by atoms with E-state index in [9.17, 15) is 10.1 Å². The van der Waals surface area contributed by atoms with E-state index in [1.807, 2.05) is 0 Å². The number of rotatable bonds is 3. The highest BCUT2D eigenvalue weighted by Crippen LogP contribution is 2.23. The summed E-state index contributed by atoms with van der Waals surface area (Å²) in [6.45, 7) is 4.11. The van der Waals surface area contributed by atoms with Crippen LogP contribution in [0, 0.1) is 10.1 Å². The van der Waals surface area contributed by atoms with Crippen molar-refractivity contribution in [2.45, 2.75) is 25.3 Å². The molecule has 2 rings (SSSR count). The molecule has 0 spiro atoms. The van der Waals surface area contributed by atoms with Crippen molar-refractivity contribution in [2.24, 2.45) is 0 Å². The number of pyridine rings is 1. The van der Waals surface area contributed by atoms with E-state index in [1.165, 1.54) is 12.3 Å². The van der Waals surface area contributed by atoms with Gasteiger partial charge >= 0.3 is 0 Å². The molecule has 0 bridgehead atoms. The van der Waals surface area contributed by atoms with E-state index in [-0.39, 0.29) is 11.2 Å². The fourth-order valence-electron chi connectivity index (χ4n) is 1.98. The van der Waals surface area contributed by atoms with Gasteiger partial charge in [0.05, 0.1) is 4.92 Å². The van der Waals surface area contributed by atoms with Crippen molar-refractivity contribution in [1.82, 2.24) is 10.3 Å². The average molecular weight is 236 g/mol. The molecule has 0 radical (unpaired) electrons. The van der Waals surface area contributed by atoms with Gasteiger partial charge in [-0.25, -0.2) is 4.98 Å². The molecule has 92 valence electrons. The molecular weight excluding hydrogens is 220 g/mol. The van der Waals surface area contributed by atoms with Crippen molar-refractivity contribution in [1.29, 1.82) is 0 Å². The van der Waals surface area contributed by atoms with E-state index in [0.717, 1.165) is 25.9 Å². The molecule has 0 saturated carbocycles. The van der Waals surface area contributed by atoms with Crippen molar-refractivity contribution in [2.75, 3.05) is 18.4 Å². The molecule has 0 unspecified atom stereocenters. The Morgan fingerprint density at radius 1 is 1.47 bits per heavy atom. The van der Waals surface area contributed by atoms with Crippen LogP contribution < -0.4 is 10.6 Å². The first kappa shape index (κ1) is 11.8. The van der Waals surface area contributed by atoms with Crippen molar-refractivity contribution < 1.29 is 4.92 Å². The van der Waals surface area contributed by atoms with Crippen LogP contribution in [0.4, 0.5) is 11.5 Å². The van der Waals surface area contributed by atoms with Gasteiger partial charge in [0.25, 0.3) is 5.69 Å². The second-order valence-corrected chi connectivity index (χ2v) is 4.59. The van der Waals surface area contributed by atoms with Crippen LogP contribution in [0.2, 0.25) is 0 Å². The minimum Gasteiger partial charge on any atom is -0.365 e. The highest BCUT2D eigenvalue weighted by Gasteiger charge is 2.26. The second-order valence-electron chi connectivity index (χ2n) is 4.59. The first-order chi connectivity index (χ1) is 8.09. The summed E-state index contributed by atoms with van der Waals surface area (Å²) in [7, 11) is 0. The quantitative estimate of drug-likeness (QED) is 0.614. The molecule has 17 heavy (non-hydrogen) atoms. The van der Waals surface area contributed by atoms with E-state index >= 15 is 0 Å². The lowest BCUT2D eigenvalue weighted by atomic mass is 9.91. The molecule has 2 N–H and O–H groups in total. The molecule has 0 amide bonds. The fraction of sp³-hybridized carbons (Fsp3) is 0.545. The predicted molar refractivity (Wildman–Crippen MR) is 65.0 cm³/mol. The van der Waals surface area contributed by atoms with Crippen LogP contribution >= 0.6 is 0 Å². The van der Waals surface area contributed by atoms with Gasteiger partial charge in [-0.15, -0.1) is 0 Å². The molecule has 1 aromatic heterocycles. The van der Waals surface area contributed by atoms with Crippen LogP contribution in [0.5, 0.6) is 0 Å². The SMILES string of the molecule is CC1(Nc2ccc([N+](=O)[O-])cn2)CCNCC1. The number of piperidine rings is 1. The van der Waals surface area contributed by atoms with Crippen LogP contribution in [-0.4, -0.2) is 28.5 Å². The molecule has 1 fully saturated rings. The van der Waals surface area contributed by atoms with Gasteiger partial charge in [0, 0.05) is 11.6 Å². The second kappa shape index (κ2) is 4.67. The predicted octanol–water partition coefficient (Wildman–Crippen LogP) is 1.54. The monoisotopic (exact) mass is 236 g/mol. The van der Waals surface area contributed by atoms with Crippen LogP contribution in [0.25, 0.3) is 0 Å². The average Bonchev–Trinajstić information content (AvgIpc) is 2.30. The summed E-state index contributed by atoms with van der Waals surface area (Å²) in [6, 6.07) is 3.13. The number of anilines is 1. The maximum atomic E-state index is 10.5. The largest absolute Gasteiger partial charge is 0.365 e. The lowest BCUT2D eigenvalue weighted by molar-refractivity contribution is -0.385. The fourth-order valence-corrected chi connectivity index (χ4v) is 1.98. The molecule has 1 aromatic rings. The third-order valence-corrected chi connectivity index (χ3v) is 3.10. The first-order valence-electron chi connectivity index (χ1n) is 5.68. The van der Waals surface area contributed by atoms with Crippen molar-refractivity contribution in [3.05, 3.63) is 28.4 Å². The van der Waals surface area contributed by atoms with Gasteiger partial charge in [-0.1, -0.05) is 0 Å². The lowest BCUT2D eigenvalue weighted by Gasteiger charge is -2.35. The molecule has 1 aliphatic rings. The van der Waals surface area contributed by atoms with E-state index < -0.39 is 4.92 Å². The van der Waals surface area contributed by atoms with Gasteiger partial charge < -0.3 is 10.6 Å². The third-order valence-electron chi connectivity index (χ3n) is 3.10. The van der Waals surface area contributed by atoms with Gasteiger partial charge in [0.2, 0.25) is 0 Å². The third kappa shape index (κ3) is 2.91. The standard InChI is InChI=1S/C11H16N4O2/c1-11(4-6-12-7-5-11)14-10-3-2-9(8-13-10)15(16)17/h2-3,8,12H,4-7H2,1H3,(H,13,14). The molecule has 6 nitrogen and oxygen atoms in total. The zero-order chi connectivity index (χ0) is 12.3. The maximum Gasteiger partial charge on any atom is 0.287 e. The highest BCUT2D eigenvalue weighted by molar-refractivity contribution is 5.42. The Morgan fingerprint density at radius 2 is 2.18 bits per heavy atom. The van der Waals surface area contributed by atoms with Crippen molar-refractivity contribution in [3.63, 3.8) is 0 Å². The zero-order valence-corrected chi connectivity index (χ0v) is 9.77. The topological polar surface area (TPSA) is 80.1 Å². The van der Waals surface area contributed by atoms with Gasteiger partial charge in [-0.05, 0) is 38.9 Å². The van der Waals surface area contributed by atoms with Gasteiger partial charge in [0.1, 0.15) is 12.0 Å². The number of nitro groups is 1. The normalized spacial score (nSPS) is 18.6. The Hall–Kier alpha value is -1.69. The molecule has 0 atom stereocenters. The highest BCUT2D eigenvalue weighted by atomic mass is 16.6. The molecule has 6 heteroatoms. The summed E-state index contributed by atoms with van der Waals surface area (Å²) in [6.07, 6.45) is 3.32. The number of nitrogens with zero attached hydrogens (tertiary/aromatic N) is 2. The summed E-state index contributed by atoms with van der Waals surface area (Å²) >= 11 is 0. The lowest BCUT2D eigenvalue weighted by Crippen LogP contribution is -2.45. The van der Waals surface area contributed by atoms with Gasteiger partial charge in [-0.3, -0.25) is 10.1 Å². The maximum absolute atomic E-state index is 10.5. The Morgan fingerprint density at radius 3 is 2.71 bits per heavy atom. The number of hydrogen-bond donors (Lipinski definition) is 2. The summed E-state index contributed by atoms with van der Waals surface area (Å²) in [5.74, 6) is 0.694. The van der Waals surface area contributed by atoms with Crippen LogP contribution in [0.1, 0.15) is 19.8 Å². The molecule has 1 saturated heterocycles. The number of aromatic nitrogens is 1. The first-order valence-corrected chi connectivity index (χ1v) is 5.68. The smallest absolute Gasteiger partial charge is 0.287 e. The van der Waals surface area contributed by atoms with E-state index in [4.69, 9.17) is 0 Å². The summed E-state index contributed by atoms with van der Waals surface area (Å²) in [5, 5.41) is 17.2. The zero-order valence-electron chi connectivity index (χ0n) is 9.77. The van der Waals surface area contributed by atoms with Crippen LogP contribution in [0.15, 0.2) is 18.3 Å². The van der Waals surface area contributed by atoms with Crippen LogP contribution in [-0.2, 0) is 0 Å². The summed E-state index contributed by atoms with van der Waals surface area (Å²) in [5.41, 5.74) is 0.0417. The van der Waals surface area contributed by atoms with Crippen molar-refractivity contribution in [3.8, 4) is 0 Å². The Kier molecular flexibility index (Phi) is 3.23. The van der Waals surface area contributed by atoms with E-state index in [1.54, 1.807) is 6.07 Å². The van der Waals surface area contributed by atoms with Crippen molar-refractivity contribution >= 4 is 11.5 Å². The Bertz CT molecular complexity index is 398. The molecule has 2 heterocycles. The Labute approximate surface area is 99.6 Å². The minimum absolute atomic E-state index is 0.0195. The number of nitrogens with one attached hydrogen (secondary N) is 2. The Balaban J connectivity index is 2.05. The molecule has 0 aliphatic carbocycles. The number of hydrogen-bond acceptors (Lipinski definition) is 5. The van der Waals surface area contributed by atoms with Gasteiger partial charge in [-0.2, -0.15) is 0 Å². The van der Waals surface area contributed by atoms with E-state index in [2.05, 4.69) is 22.5 Å². The minimum atomic E-state index is -0.441. The molecule has 1 aliphatic heterocycles. The molecular formula is C11H16N4O2. The summed E-state index contributed by atoms with van der Waals surface area (Å²) in [4.78, 5) is 14.1. The summed E-state index contributed by atoms with van der Waals surface area (Å²) < 4.78 is 0. The van der Waals surface area contributed by atoms with Crippen LogP contribution in [0.3, 0.4) is 0 Å². The van der Waals surface area contributed by atoms with E-state index in [0.29, 0.717) is 5.82 Å². The van der Waals surface area contributed by atoms with Gasteiger partial charge in [0.15, 0.2) is 0 Å². The molecule has 0 aromatic carbocycles.